The summed E-state index contributed by atoms with van der Waals surface area (Å²) >= 11 is 0. The van der Waals surface area contributed by atoms with Gasteiger partial charge in [0.25, 0.3) is 8.32 Å². The quantitative estimate of drug-likeness (QED) is 0.0684. The van der Waals surface area contributed by atoms with Gasteiger partial charge in [-0.3, -0.25) is 0 Å². The van der Waals surface area contributed by atoms with Crippen LogP contribution in [0.5, 0.6) is 0 Å². The molecular formula is C41H61NO2Si. The van der Waals surface area contributed by atoms with Crippen molar-refractivity contribution in [1.29, 1.82) is 0 Å². The standard InChI is InChI=1S/C41H61NO2Si/c1-5-6-7-8-9-10-11-12-13-14-15-25-32-38(42-33-35-26-19-16-20-27-35)40-39(44-40)34-43-45(41(2,3)4,36-28-21-17-22-29-36)37-30-23-18-24-31-37/h16-24,26-31,38-40,42H,5-15,25,32-34H2,1-4H3/t38-,39+,40-/m0/s1. The van der Waals surface area contributed by atoms with Crippen LogP contribution in [0.2, 0.25) is 5.04 Å². The average Bonchev–Trinajstić information content (AvgIpc) is 3.83. The largest absolute Gasteiger partial charge is 0.405 e. The van der Waals surface area contributed by atoms with Crippen molar-refractivity contribution in [2.75, 3.05) is 6.61 Å². The number of nitrogens with one attached hydrogen (secondary N) is 1. The van der Waals surface area contributed by atoms with E-state index >= 15 is 0 Å². The smallest absolute Gasteiger partial charge is 0.261 e. The fourth-order valence-electron chi connectivity index (χ4n) is 7.05. The highest BCUT2D eigenvalue weighted by Gasteiger charge is 2.53. The maximum atomic E-state index is 7.24. The van der Waals surface area contributed by atoms with E-state index in [1.165, 1.54) is 93.0 Å². The van der Waals surface area contributed by atoms with Crippen LogP contribution < -0.4 is 15.7 Å². The lowest BCUT2D eigenvalue weighted by atomic mass is 10.0. The molecule has 0 bridgehead atoms. The summed E-state index contributed by atoms with van der Waals surface area (Å²) in [6.07, 6.45) is 18.1. The molecular weight excluding hydrogens is 567 g/mol. The highest BCUT2D eigenvalue weighted by Crippen LogP contribution is 2.38. The molecule has 1 fully saturated rings. The summed E-state index contributed by atoms with van der Waals surface area (Å²) in [6.45, 7) is 10.9. The summed E-state index contributed by atoms with van der Waals surface area (Å²) in [4.78, 5) is 0. The lowest BCUT2D eigenvalue weighted by molar-refractivity contribution is 0.244. The van der Waals surface area contributed by atoms with E-state index < -0.39 is 8.32 Å². The number of benzene rings is 3. The summed E-state index contributed by atoms with van der Waals surface area (Å²) in [5.74, 6) is 0. The predicted molar refractivity (Wildman–Crippen MR) is 195 cm³/mol. The molecule has 1 aliphatic heterocycles. The first-order valence-corrected chi connectivity index (χ1v) is 20.0. The minimum atomic E-state index is -2.57. The minimum Gasteiger partial charge on any atom is -0.405 e. The Morgan fingerprint density at radius 2 is 1.13 bits per heavy atom. The Hall–Kier alpha value is -2.24. The molecule has 246 valence electrons. The first kappa shape index (κ1) is 35.6. The molecule has 1 heterocycles. The van der Waals surface area contributed by atoms with Gasteiger partial charge in [-0.1, -0.05) is 196 Å². The van der Waals surface area contributed by atoms with E-state index in [1.807, 2.05) is 0 Å². The van der Waals surface area contributed by atoms with Crippen molar-refractivity contribution in [2.45, 2.75) is 141 Å². The second kappa shape index (κ2) is 18.8. The molecule has 0 aliphatic carbocycles. The third-order valence-electron chi connectivity index (χ3n) is 9.68. The highest BCUT2D eigenvalue weighted by atomic mass is 28.4. The summed E-state index contributed by atoms with van der Waals surface area (Å²) in [5.41, 5.74) is 1.33. The normalized spacial score (nSPS) is 17.3. The highest BCUT2D eigenvalue weighted by molar-refractivity contribution is 6.99. The van der Waals surface area contributed by atoms with E-state index in [9.17, 15) is 0 Å². The van der Waals surface area contributed by atoms with Gasteiger partial charge in [0, 0.05) is 12.6 Å². The van der Waals surface area contributed by atoms with E-state index in [-0.39, 0.29) is 17.2 Å². The second-order valence-electron chi connectivity index (χ2n) is 14.3. The average molecular weight is 628 g/mol. The van der Waals surface area contributed by atoms with Gasteiger partial charge >= 0.3 is 0 Å². The molecule has 1 saturated heterocycles. The summed E-state index contributed by atoms with van der Waals surface area (Å²) < 4.78 is 13.7. The van der Waals surface area contributed by atoms with Gasteiger partial charge in [-0.2, -0.15) is 0 Å². The zero-order valence-corrected chi connectivity index (χ0v) is 29.8. The molecule has 0 saturated carbocycles. The zero-order valence-electron chi connectivity index (χ0n) is 28.8. The van der Waals surface area contributed by atoms with Crippen molar-refractivity contribution in [1.82, 2.24) is 5.32 Å². The minimum absolute atomic E-state index is 0.0277. The third kappa shape index (κ3) is 10.9. The summed E-state index contributed by atoms with van der Waals surface area (Å²) in [6, 6.07) is 33.1. The Morgan fingerprint density at radius 1 is 0.667 bits per heavy atom. The van der Waals surface area contributed by atoms with E-state index in [2.05, 4.69) is 124 Å². The molecule has 3 aromatic carbocycles. The van der Waals surface area contributed by atoms with Gasteiger partial charge in [0.15, 0.2) is 0 Å². The molecule has 1 aliphatic rings. The van der Waals surface area contributed by atoms with Crippen LogP contribution in [0.4, 0.5) is 0 Å². The van der Waals surface area contributed by atoms with Gasteiger partial charge in [0.2, 0.25) is 0 Å². The van der Waals surface area contributed by atoms with Crippen molar-refractivity contribution >= 4 is 18.7 Å². The van der Waals surface area contributed by atoms with Crippen molar-refractivity contribution in [3.05, 3.63) is 96.6 Å². The van der Waals surface area contributed by atoms with E-state index in [1.54, 1.807) is 0 Å². The molecule has 0 radical (unpaired) electrons. The van der Waals surface area contributed by atoms with Crippen LogP contribution in [-0.2, 0) is 15.7 Å². The molecule has 3 atom stereocenters. The number of hydrogen-bond donors (Lipinski definition) is 1. The number of hydrogen-bond acceptors (Lipinski definition) is 3. The fourth-order valence-corrected chi connectivity index (χ4v) is 11.6. The van der Waals surface area contributed by atoms with Crippen LogP contribution in [0.3, 0.4) is 0 Å². The molecule has 0 spiro atoms. The molecule has 45 heavy (non-hydrogen) atoms. The third-order valence-corrected chi connectivity index (χ3v) is 14.7. The summed E-state index contributed by atoms with van der Waals surface area (Å²) in [5, 5.41) is 6.52. The van der Waals surface area contributed by atoms with Crippen molar-refractivity contribution in [3.63, 3.8) is 0 Å². The lowest BCUT2D eigenvalue weighted by Crippen LogP contribution is -2.66. The molecule has 3 nitrogen and oxygen atoms in total. The monoisotopic (exact) mass is 627 g/mol. The molecule has 0 aromatic heterocycles. The van der Waals surface area contributed by atoms with E-state index in [0.29, 0.717) is 12.6 Å². The Bertz CT molecular complexity index is 1140. The Balaban J connectivity index is 1.32. The van der Waals surface area contributed by atoms with Gasteiger partial charge in [-0.15, -0.1) is 0 Å². The van der Waals surface area contributed by atoms with Crippen LogP contribution in [0, 0.1) is 0 Å². The number of ether oxygens (including phenoxy) is 1. The Labute approximate surface area is 276 Å². The molecule has 0 amide bonds. The molecule has 1 N–H and O–H groups in total. The van der Waals surface area contributed by atoms with Crippen molar-refractivity contribution in [2.24, 2.45) is 0 Å². The van der Waals surface area contributed by atoms with Crippen LogP contribution in [-0.4, -0.2) is 33.2 Å². The van der Waals surface area contributed by atoms with Crippen molar-refractivity contribution < 1.29 is 9.16 Å². The van der Waals surface area contributed by atoms with Crippen LogP contribution in [0.1, 0.15) is 117 Å². The topological polar surface area (TPSA) is 33.8 Å². The van der Waals surface area contributed by atoms with Gasteiger partial charge < -0.3 is 14.5 Å². The second-order valence-corrected chi connectivity index (χ2v) is 18.6. The predicted octanol–water partition coefficient (Wildman–Crippen LogP) is 9.58. The number of rotatable bonds is 22. The van der Waals surface area contributed by atoms with Crippen LogP contribution in [0.25, 0.3) is 0 Å². The SMILES string of the molecule is CCCCCCCCCCCCCC[C@H](NCc1ccccc1)[C@@H]1O[C@@H]1CO[Si](c1ccccc1)(c1ccccc1)C(C)(C)C. The Kier molecular flexibility index (Phi) is 14.9. The van der Waals surface area contributed by atoms with Crippen LogP contribution >= 0.6 is 0 Å². The number of epoxide rings is 1. The molecule has 3 aromatic rings. The van der Waals surface area contributed by atoms with E-state index in [4.69, 9.17) is 9.16 Å². The maximum Gasteiger partial charge on any atom is 0.261 e. The van der Waals surface area contributed by atoms with Crippen LogP contribution in [0.15, 0.2) is 91.0 Å². The van der Waals surface area contributed by atoms with Gasteiger partial charge in [-0.25, -0.2) is 0 Å². The first-order chi connectivity index (χ1) is 22.0. The first-order valence-electron chi connectivity index (χ1n) is 18.1. The summed E-state index contributed by atoms with van der Waals surface area (Å²) in [7, 11) is -2.57. The van der Waals surface area contributed by atoms with Gasteiger partial charge in [0.1, 0.15) is 12.2 Å². The van der Waals surface area contributed by atoms with Gasteiger partial charge in [-0.05, 0) is 27.4 Å². The maximum absolute atomic E-state index is 7.24. The molecule has 4 rings (SSSR count). The molecule has 4 heteroatoms. The van der Waals surface area contributed by atoms with Gasteiger partial charge in [0.05, 0.1) is 6.61 Å². The van der Waals surface area contributed by atoms with Crippen molar-refractivity contribution in [3.8, 4) is 0 Å². The lowest BCUT2D eigenvalue weighted by Gasteiger charge is -2.43. The fraction of sp³-hybridized carbons (Fsp3) is 0.561. The number of unbranched alkanes of at least 4 members (excludes halogenated alkanes) is 11. The Morgan fingerprint density at radius 3 is 1.62 bits per heavy atom. The molecule has 0 unspecified atom stereocenters. The van der Waals surface area contributed by atoms with E-state index in [0.717, 1.165) is 13.0 Å². The zero-order chi connectivity index (χ0) is 31.8.